The number of piperidine rings is 1. The lowest BCUT2D eigenvalue weighted by Crippen LogP contribution is -2.64. The van der Waals surface area contributed by atoms with E-state index in [2.05, 4.69) is 14.9 Å². The van der Waals surface area contributed by atoms with Crippen molar-refractivity contribution in [2.24, 2.45) is 5.41 Å². The quantitative estimate of drug-likeness (QED) is 0.796. The highest BCUT2D eigenvalue weighted by Gasteiger charge is 2.47. The van der Waals surface area contributed by atoms with E-state index in [4.69, 9.17) is 4.74 Å². The first kappa shape index (κ1) is 16.0. The van der Waals surface area contributed by atoms with Gasteiger partial charge in [0.2, 0.25) is 5.95 Å². The van der Waals surface area contributed by atoms with E-state index in [1.165, 1.54) is 0 Å². The van der Waals surface area contributed by atoms with Crippen molar-refractivity contribution in [3.8, 4) is 0 Å². The van der Waals surface area contributed by atoms with Crippen molar-refractivity contribution >= 4 is 12.0 Å². The Balaban J connectivity index is 1.59. The summed E-state index contributed by atoms with van der Waals surface area (Å²) >= 11 is 0. The summed E-state index contributed by atoms with van der Waals surface area (Å²) in [6, 6.07) is 0. The molecular weight excluding hydrogens is 292 g/mol. The Labute approximate surface area is 137 Å². The first-order valence-electron chi connectivity index (χ1n) is 8.28. The molecule has 2 fully saturated rings. The molecule has 1 aromatic heterocycles. The van der Waals surface area contributed by atoms with Crippen LogP contribution in [0.15, 0.2) is 12.4 Å². The summed E-state index contributed by atoms with van der Waals surface area (Å²) in [5.74, 6) is 0.788. The van der Waals surface area contributed by atoms with Gasteiger partial charge in [0.1, 0.15) is 5.60 Å². The number of nitrogens with zero attached hydrogens (tertiary/aromatic N) is 4. The molecule has 0 radical (unpaired) electrons. The number of likely N-dealkylation sites (tertiary alicyclic amines) is 1. The fourth-order valence-electron chi connectivity index (χ4n) is 3.40. The van der Waals surface area contributed by atoms with Gasteiger partial charge in [-0.25, -0.2) is 14.8 Å². The topological polar surface area (TPSA) is 58.6 Å². The molecule has 1 aromatic rings. The van der Waals surface area contributed by atoms with Crippen molar-refractivity contribution in [3.05, 3.63) is 18.0 Å². The summed E-state index contributed by atoms with van der Waals surface area (Å²) in [7, 11) is 0. The lowest BCUT2D eigenvalue weighted by Gasteiger charge is -2.54. The van der Waals surface area contributed by atoms with Crippen molar-refractivity contribution in [1.82, 2.24) is 14.9 Å². The Morgan fingerprint density at radius 1 is 1.22 bits per heavy atom. The third kappa shape index (κ3) is 3.57. The highest BCUT2D eigenvalue weighted by molar-refractivity contribution is 5.68. The first-order chi connectivity index (χ1) is 10.8. The van der Waals surface area contributed by atoms with Crippen molar-refractivity contribution < 1.29 is 9.53 Å². The molecule has 0 aliphatic carbocycles. The van der Waals surface area contributed by atoms with Crippen LogP contribution in [0.5, 0.6) is 0 Å². The monoisotopic (exact) mass is 318 g/mol. The summed E-state index contributed by atoms with van der Waals surface area (Å²) in [5.41, 5.74) is 0.796. The maximum absolute atomic E-state index is 12.3. The largest absolute Gasteiger partial charge is 0.444 e. The SMILES string of the molecule is Cc1cnc(N2CC3(CCCN(C(=O)OC(C)(C)C)C3)C2)nc1. The average Bonchev–Trinajstić information content (AvgIpc) is 2.44. The Hall–Kier alpha value is -1.85. The second kappa shape index (κ2) is 5.65. The van der Waals surface area contributed by atoms with E-state index in [0.717, 1.165) is 50.5 Å². The molecule has 6 nitrogen and oxygen atoms in total. The van der Waals surface area contributed by atoms with Gasteiger partial charge in [0, 0.05) is 44.0 Å². The third-order valence-electron chi connectivity index (χ3n) is 4.42. The van der Waals surface area contributed by atoms with E-state index < -0.39 is 5.60 Å². The van der Waals surface area contributed by atoms with Gasteiger partial charge in [0.25, 0.3) is 0 Å². The van der Waals surface area contributed by atoms with E-state index in [9.17, 15) is 4.79 Å². The molecule has 1 spiro atoms. The van der Waals surface area contributed by atoms with Crippen LogP contribution in [0.3, 0.4) is 0 Å². The van der Waals surface area contributed by atoms with Crippen molar-refractivity contribution in [2.75, 3.05) is 31.1 Å². The molecule has 0 unspecified atom stereocenters. The molecule has 0 saturated carbocycles. The van der Waals surface area contributed by atoms with Gasteiger partial charge in [-0.15, -0.1) is 0 Å². The zero-order valence-corrected chi connectivity index (χ0v) is 14.5. The van der Waals surface area contributed by atoms with E-state index in [1.807, 2.05) is 45.0 Å². The molecule has 2 saturated heterocycles. The average molecular weight is 318 g/mol. The van der Waals surface area contributed by atoms with Crippen LogP contribution in [-0.2, 0) is 4.74 Å². The number of hydrogen-bond donors (Lipinski definition) is 0. The van der Waals surface area contributed by atoms with Crippen LogP contribution in [0.4, 0.5) is 10.7 Å². The number of carbonyl (C=O) groups excluding carboxylic acids is 1. The number of carbonyl (C=O) groups is 1. The van der Waals surface area contributed by atoms with Crippen LogP contribution >= 0.6 is 0 Å². The van der Waals surface area contributed by atoms with Crippen LogP contribution in [0, 0.1) is 12.3 Å². The normalized spacial score (nSPS) is 20.3. The minimum absolute atomic E-state index is 0.170. The van der Waals surface area contributed by atoms with Gasteiger partial charge in [0.15, 0.2) is 0 Å². The highest BCUT2D eigenvalue weighted by Crippen LogP contribution is 2.40. The molecule has 2 aliphatic heterocycles. The van der Waals surface area contributed by atoms with Crippen molar-refractivity contribution in [3.63, 3.8) is 0 Å². The Morgan fingerprint density at radius 2 is 1.87 bits per heavy atom. The number of hydrogen-bond acceptors (Lipinski definition) is 5. The Kier molecular flexibility index (Phi) is 3.94. The Bertz CT molecular complexity index is 573. The summed E-state index contributed by atoms with van der Waals surface area (Å²) in [5, 5.41) is 0. The van der Waals surface area contributed by atoms with E-state index in [1.54, 1.807) is 0 Å². The smallest absolute Gasteiger partial charge is 0.410 e. The first-order valence-corrected chi connectivity index (χ1v) is 8.28. The van der Waals surface area contributed by atoms with Gasteiger partial charge < -0.3 is 14.5 Å². The summed E-state index contributed by atoms with van der Waals surface area (Å²) in [4.78, 5) is 25.1. The van der Waals surface area contributed by atoms with Gasteiger partial charge in [-0.1, -0.05) is 0 Å². The Morgan fingerprint density at radius 3 is 2.48 bits per heavy atom. The molecule has 6 heteroatoms. The number of rotatable bonds is 1. The number of anilines is 1. The van der Waals surface area contributed by atoms with Gasteiger partial charge in [-0.3, -0.25) is 0 Å². The van der Waals surface area contributed by atoms with Crippen LogP contribution in [0.2, 0.25) is 0 Å². The lowest BCUT2D eigenvalue weighted by atomic mass is 9.73. The molecule has 3 heterocycles. The van der Waals surface area contributed by atoms with Crippen molar-refractivity contribution in [1.29, 1.82) is 0 Å². The molecule has 3 rings (SSSR count). The minimum Gasteiger partial charge on any atom is -0.444 e. The molecule has 126 valence electrons. The van der Waals surface area contributed by atoms with Gasteiger partial charge in [0.05, 0.1) is 0 Å². The maximum atomic E-state index is 12.3. The summed E-state index contributed by atoms with van der Waals surface area (Å²) < 4.78 is 5.51. The lowest BCUT2D eigenvalue weighted by molar-refractivity contribution is -0.00165. The standard InChI is InChI=1S/C17H26N4O2/c1-13-8-18-14(19-9-13)21-11-17(12-21)6-5-7-20(10-17)15(22)23-16(2,3)4/h8-9H,5-7,10-12H2,1-4H3. The van der Waals surface area contributed by atoms with Crippen LogP contribution in [0.1, 0.15) is 39.2 Å². The second-order valence-electron chi connectivity index (χ2n) is 7.92. The molecule has 0 atom stereocenters. The molecule has 0 bridgehead atoms. The third-order valence-corrected chi connectivity index (χ3v) is 4.42. The summed E-state index contributed by atoms with van der Waals surface area (Å²) in [6.07, 6.45) is 5.68. The van der Waals surface area contributed by atoms with E-state index >= 15 is 0 Å². The predicted molar refractivity (Wildman–Crippen MR) is 88.5 cm³/mol. The van der Waals surface area contributed by atoms with Crippen LogP contribution in [-0.4, -0.2) is 52.7 Å². The van der Waals surface area contributed by atoms with Crippen LogP contribution in [0.25, 0.3) is 0 Å². The predicted octanol–water partition coefficient (Wildman–Crippen LogP) is 2.62. The molecule has 23 heavy (non-hydrogen) atoms. The van der Waals surface area contributed by atoms with Crippen molar-refractivity contribution in [2.45, 2.75) is 46.1 Å². The summed E-state index contributed by atoms with van der Waals surface area (Å²) in [6.45, 7) is 11.1. The van der Waals surface area contributed by atoms with Crippen LogP contribution < -0.4 is 4.90 Å². The maximum Gasteiger partial charge on any atom is 0.410 e. The van der Waals surface area contributed by atoms with Gasteiger partial charge in [-0.2, -0.15) is 0 Å². The fourth-order valence-corrected chi connectivity index (χ4v) is 3.40. The zero-order valence-electron chi connectivity index (χ0n) is 14.5. The highest BCUT2D eigenvalue weighted by atomic mass is 16.6. The minimum atomic E-state index is -0.441. The van der Waals surface area contributed by atoms with E-state index in [0.29, 0.717) is 0 Å². The number of ether oxygens (including phenoxy) is 1. The molecule has 0 N–H and O–H groups in total. The number of amides is 1. The van der Waals surface area contributed by atoms with Gasteiger partial charge >= 0.3 is 6.09 Å². The fraction of sp³-hybridized carbons (Fsp3) is 0.706. The van der Waals surface area contributed by atoms with Gasteiger partial charge in [-0.05, 0) is 46.1 Å². The van der Waals surface area contributed by atoms with E-state index in [-0.39, 0.29) is 11.5 Å². The molecule has 0 aromatic carbocycles. The molecule has 2 aliphatic rings. The number of aromatic nitrogens is 2. The molecular formula is C17H26N4O2. The zero-order chi connectivity index (χ0) is 16.7. The number of aryl methyl sites for hydroxylation is 1. The second-order valence-corrected chi connectivity index (χ2v) is 7.92. The molecule has 1 amide bonds.